The third-order valence-electron chi connectivity index (χ3n) is 3.61. The van der Waals surface area contributed by atoms with E-state index in [0.717, 1.165) is 18.5 Å². The van der Waals surface area contributed by atoms with Gasteiger partial charge in [-0.25, -0.2) is 4.39 Å². The molecule has 0 bridgehead atoms. The van der Waals surface area contributed by atoms with Crippen molar-refractivity contribution in [2.24, 2.45) is 0 Å². The van der Waals surface area contributed by atoms with Gasteiger partial charge in [-0.05, 0) is 55.1 Å². The number of hydrogen-bond donors (Lipinski definition) is 1. The van der Waals surface area contributed by atoms with E-state index in [1.54, 1.807) is 6.07 Å². The van der Waals surface area contributed by atoms with Crippen LogP contribution in [0.3, 0.4) is 0 Å². The van der Waals surface area contributed by atoms with Crippen LogP contribution in [0.25, 0.3) is 0 Å². The van der Waals surface area contributed by atoms with Gasteiger partial charge in [0.05, 0.1) is 6.04 Å². The lowest BCUT2D eigenvalue weighted by Gasteiger charge is -2.22. The van der Waals surface area contributed by atoms with Crippen molar-refractivity contribution in [1.82, 2.24) is 5.32 Å². The standard InChI is InChI=1S/C18H22FN/c1-4-11-20-18(16-8-6-5-7-13(16)2)15-9-10-17(19)14(3)12-15/h5-10,12,18,20H,4,11H2,1-3H3. The van der Waals surface area contributed by atoms with E-state index in [9.17, 15) is 4.39 Å². The Morgan fingerprint density at radius 2 is 1.80 bits per heavy atom. The smallest absolute Gasteiger partial charge is 0.126 e. The second-order valence-electron chi connectivity index (χ2n) is 5.25. The van der Waals surface area contributed by atoms with Crippen molar-refractivity contribution >= 4 is 0 Å². The molecular formula is C18H22FN. The highest BCUT2D eigenvalue weighted by atomic mass is 19.1. The van der Waals surface area contributed by atoms with Crippen LogP contribution in [-0.2, 0) is 0 Å². The fourth-order valence-corrected chi connectivity index (χ4v) is 2.45. The van der Waals surface area contributed by atoms with Gasteiger partial charge >= 0.3 is 0 Å². The molecule has 1 unspecified atom stereocenters. The molecule has 106 valence electrons. The van der Waals surface area contributed by atoms with Crippen LogP contribution < -0.4 is 5.32 Å². The van der Waals surface area contributed by atoms with E-state index in [-0.39, 0.29) is 11.9 Å². The molecule has 2 aromatic rings. The van der Waals surface area contributed by atoms with E-state index in [0.29, 0.717) is 5.56 Å². The highest BCUT2D eigenvalue weighted by Gasteiger charge is 2.15. The summed E-state index contributed by atoms with van der Waals surface area (Å²) in [6.45, 7) is 7.02. The summed E-state index contributed by atoms with van der Waals surface area (Å²) in [4.78, 5) is 0. The molecular weight excluding hydrogens is 249 g/mol. The lowest BCUT2D eigenvalue weighted by Crippen LogP contribution is -2.24. The minimum Gasteiger partial charge on any atom is -0.306 e. The normalized spacial score (nSPS) is 12.4. The van der Waals surface area contributed by atoms with Crippen LogP contribution in [0.2, 0.25) is 0 Å². The number of rotatable bonds is 5. The first-order chi connectivity index (χ1) is 9.63. The van der Waals surface area contributed by atoms with E-state index in [1.165, 1.54) is 11.1 Å². The molecule has 1 atom stereocenters. The molecule has 0 aliphatic rings. The lowest BCUT2D eigenvalue weighted by molar-refractivity contribution is 0.588. The molecule has 1 nitrogen and oxygen atoms in total. The van der Waals surface area contributed by atoms with Crippen LogP contribution in [0.1, 0.15) is 41.6 Å². The van der Waals surface area contributed by atoms with Crippen LogP contribution >= 0.6 is 0 Å². The van der Waals surface area contributed by atoms with Crippen LogP contribution in [0.4, 0.5) is 4.39 Å². The van der Waals surface area contributed by atoms with Crippen molar-refractivity contribution in [2.75, 3.05) is 6.54 Å². The average Bonchev–Trinajstić information content (AvgIpc) is 2.44. The van der Waals surface area contributed by atoms with Gasteiger partial charge < -0.3 is 5.32 Å². The molecule has 1 N–H and O–H groups in total. The summed E-state index contributed by atoms with van der Waals surface area (Å²) in [6, 6.07) is 13.9. The molecule has 2 heteroatoms. The zero-order valence-electron chi connectivity index (χ0n) is 12.4. The second kappa shape index (κ2) is 6.67. The zero-order chi connectivity index (χ0) is 14.5. The summed E-state index contributed by atoms with van der Waals surface area (Å²) >= 11 is 0. The Kier molecular flexibility index (Phi) is 4.91. The van der Waals surface area contributed by atoms with E-state index in [2.05, 4.69) is 37.4 Å². The van der Waals surface area contributed by atoms with E-state index >= 15 is 0 Å². The molecule has 0 heterocycles. The molecule has 0 fully saturated rings. The third-order valence-corrected chi connectivity index (χ3v) is 3.61. The van der Waals surface area contributed by atoms with Gasteiger partial charge in [0.1, 0.15) is 5.82 Å². The van der Waals surface area contributed by atoms with E-state index in [4.69, 9.17) is 0 Å². The third kappa shape index (κ3) is 3.26. The van der Waals surface area contributed by atoms with Gasteiger partial charge in [0, 0.05) is 0 Å². The first-order valence-electron chi connectivity index (χ1n) is 7.18. The monoisotopic (exact) mass is 271 g/mol. The number of benzene rings is 2. The first kappa shape index (κ1) is 14.7. The average molecular weight is 271 g/mol. The molecule has 0 amide bonds. The summed E-state index contributed by atoms with van der Waals surface area (Å²) in [5, 5.41) is 3.57. The predicted octanol–water partition coefficient (Wildman–Crippen LogP) is 4.53. The van der Waals surface area contributed by atoms with Crippen molar-refractivity contribution in [3.8, 4) is 0 Å². The second-order valence-corrected chi connectivity index (χ2v) is 5.25. The Balaban J connectivity index is 2.41. The summed E-state index contributed by atoms with van der Waals surface area (Å²) in [5.74, 6) is -0.146. The Morgan fingerprint density at radius 1 is 1.05 bits per heavy atom. The number of halogens is 1. The van der Waals surface area contributed by atoms with Gasteiger partial charge in [-0.2, -0.15) is 0 Å². The minimum atomic E-state index is -0.146. The summed E-state index contributed by atoms with van der Waals surface area (Å²) < 4.78 is 13.5. The van der Waals surface area contributed by atoms with Crippen LogP contribution in [0.15, 0.2) is 42.5 Å². The zero-order valence-corrected chi connectivity index (χ0v) is 12.4. The van der Waals surface area contributed by atoms with Gasteiger partial charge in [-0.15, -0.1) is 0 Å². The fourth-order valence-electron chi connectivity index (χ4n) is 2.45. The highest BCUT2D eigenvalue weighted by molar-refractivity contribution is 5.38. The summed E-state index contributed by atoms with van der Waals surface area (Å²) in [5.41, 5.74) is 4.32. The van der Waals surface area contributed by atoms with Crippen LogP contribution in [0, 0.1) is 19.7 Å². The number of hydrogen-bond acceptors (Lipinski definition) is 1. The largest absolute Gasteiger partial charge is 0.306 e. The maximum Gasteiger partial charge on any atom is 0.126 e. The van der Waals surface area contributed by atoms with Gasteiger partial charge in [0.2, 0.25) is 0 Å². The fraction of sp³-hybridized carbons (Fsp3) is 0.333. The predicted molar refractivity (Wildman–Crippen MR) is 82.5 cm³/mol. The van der Waals surface area contributed by atoms with Crippen molar-refractivity contribution < 1.29 is 4.39 Å². The van der Waals surface area contributed by atoms with Crippen molar-refractivity contribution in [3.05, 3.63) is 70.5 Å². The Hall–Kier alpha value is -1.67. The Bertz CT molecular complexity index is 577. The Morgan fingerprint density at radius 3 is 2.45 bits per heavy atom. The lowest BCUT2D eigenvalue weighted by atomic mass is 9.94. The maximum absolute atomic E-state index is 13.5. The number of nitrogens with one attached hydrogen (secondary N) is 1. The SMILES string of the molecule is CCCNC(c1ccc(F)c(C)c1)c1ccccc1C. The van der Waals surface area contributed by atoms with Gasteiger partial charge in [-0.3, -0.25) is 0 Å². The molecule has 20 heavy (non-hydrogen) atoms. The maximum atomic E-state index is 13.5. The topological polar surface area (TPSA) is 12.0 Å². The van der Waals surface area contributed by atoms with Crippen molar-refractivity contribution in [1.29, 1.82) is 0 Å². The van der Waals surface area contributed by atoms with Crippen LogP contribution in [-0.4, -0.2) is 6.54 Å². The minimum absolute atomic E-state index is 0.121. The molecule has 2 rings (SSSR count). The first-order valence-corrected chi connectivity index (χ1v) is 7.18. The van der Waals surface area contributed by atoms with E-state index in [1.807, 2.05) is 25.1 Å². The van der Waals surface area contributed by atoms with Gasteiger partial charge in [0.15, 0.2) is 0 Å². The van der Waals surface area contributed by atoms with Gasteiger partial charge in [-0.1, -0.05) is 43.3 Å². The molecule has 2 aromatic carbocycles. The molecule has 0 aliphatic heterocycles. The molecule has 0 spiro atoms. The van der Waals surface area contributed by atoms with Gasteiger partial charge in [0.25, 0.3) is 0 Å². The summed E-state index contributed by atoms with van der Waals surface area (Å²) in [7, 11) is 0. The van der Waals surface area contributed by atoms with E-state index < -0.39 is 0 Å². The molecule has 0 radical (unpaired) electrons. The van der Waals surface area contributed by atoms with Crippen LogP contribution in [0.5, 0.6) is 0 Å². The summed E-state index contributed by atoms with van der Waals surface area (Å²) in [6.07, 6.45) is 1.07. The molecule has 0 saturated heterocycles. The Labute approximate surface area is 120 Å². The molecule has 0 aliphatic carbocycles. The number of aryl methyl sites for hydroxylation is 2. The highest BCUT2D eigenvalue weighted by Crippen LogP contribution is 2.26. The van der Waals surface area contributed by atoms with Crippen molar-refractivity contribution in [3.63, 3.8) is 0 Å². The molecule has 0 saturated carbocycles. The molecule has 0 aromatic heterocycles. The van der Waals surface area contributed by atoms with Crippen molar-refractivity contribution in [2.45, 2.75) is 33.2 Å². The quantitative estimate of drug-likeness (QED) is 0.842.